The molecule has 1 atom stereocenters. The van der Waals surface area contributed by atoms with Crippen LogP contribution in [0.4, 0.5) is 0 Å². The van der Waals surface area contributed by atoms with Gasteiger partial charge in [-0.2, -0.15) is 0 Å². The molecular formula is C13H23Cl2N3O2S. The van der Waals surface area contributed by atoms with E-state index < -0.39 is 6.04 Å². The SMILES string of the molecule is COCC(N)C(=O)NC1(c2nc(C)cs2)CCCC1.Cl.Cl. The minimum absolute atomic E-state index is 0. The summed E-state index contributed by atoms with van der Waals surface area (Å²) in [5, 5.41) is 6.14. The smallest absolute Gasteiger partial charge is 0.240 e. The maximum atomic E-state index is 12.1. The van der Waals surface area contributed by atoms with E-state index >= 15 is 0 Å². The number of rotatable bonds is 5. The molecule has 5 nitrogen and oxygen atoms in total. The number of aryl methyl sites for hydroxylation is 1. The van der Waals surface area contributed by atoms with Crippen molar-refractivity contribution >= 4 is 42.1 Å². The van der Waals surface area contributed by atoms with Crippen molar-refractivity contribution in [1.29, 1.82) is 0 Å². The third-order valence-corrected chi connectivity index (χ3v) is 4.70. The van der Waals surface area contributed by atoms with Gasteiger partial charge in [-0.1, -0.05) is 12.8 Å². The summed E-state index contributed by atoms with van der Waals surface area (Å²) in [6.07, 6.45) is 4.09. The third-order valence-electron chi connectivity index (χ3n) is 3.53. The van der Waals surface area contributed by atoms with E-state index in [4.69, 9.17) is 10.5 Å². The zero-order valence-electron chi connectivity index (χ0n) is 12.3. The first kappa shape index (κ1) is 20.6. The van der Waals surface area contributed by atoms with Gasteiger partial charge in [0.15, 0.2) is 0 Å². The van der Waals surface area contributed by atoms with Crippen molar-refractivity contribution in [2.45, 2.75) is 44.2 Å². The van der Waals surface area contributed by atoms with Crippen molar-refractivity contribution in [3.8, 4) is 0 Å². The van der Waals surface area contributed by atoms with Gasteiger partial charge < -0.3 is 15.8 Å². The molecule has 1 amide bonds. The molecule has 3 N–H and O–H groups in total. The lowest BCUT2D eigenvalue weighted by Gasteiger charge is -2.29. The predicted molar refractivity (Wildman–Crippen MR) is 89.5 cm³/mol. The molecule has 21 heavy (non-hydrogen) atoms. The zero-order valence-corrected chi connectivity index (χ0v) is 14.7. The molecule has 0 aliphatic heterocycles. The molecule has 0 radical (unpaired) electrons. The first-order valence-electron chi connectivity index (χ1n) is 6.56. The maximum Gasteiger partial charge on any atom is 0.240 e. The van der Waals surface area contributed by atoms with E-state index in [9.17, 15) is 4.79 Å². The minimum Gasteiger partial charge on any atom is -0.383 e. The molecular weight excluding hydrogens is 333 g/mol. The number of hydrogen-bond donors (Lipinski definition) is 2. The van der Waals surface area contributed by atoms with Crippen LogP contribution in [0.15, 0.2) is 5.38 Å². The van der Waals surface area contributed by atoms with Crippen LogP contribution in [0.2, 0.25) is 0 Å². The Labute approximate surface area is 141 Å². The fourth-order valence-corrected chi connectivity index (χ4v) is 3.54. The Morgan fingerprint density at radius 2 is 2.14 bits per heavy atom. The molecule has 0 aromatic carbocycles. The number of halogens is 2. The number of nitrogens with one attached hydrogen (secondary N) is 1. The zero-order chi connectivity index (χ0) is 13.9. The maximum absolute atomic E-state index is 12.1. The largest absolute Gasteiger partial charge is 0.383 e. The number of amides is 1. The molecule has 0 saturated heterocycles. The molecule has 1 aliphatic carbocycles. The van der Waals surface area contributed by atoms with E-state index in [0.29, 0.717) is 0 Å². The van der Waals surface area contributed by atoms with Crippen LogP contribution in [0, 0.1) is 6.92 Å². The normalized spacial score (nSPS) is 17.5. The second-order valence-corrected chi connectivity index (χ2v) is 5.99. The summed E-state index contributed by atoms with van der Waals surface area (Å²) >= 11 is 1.61. The van der Waals surface area contributed by atoms with Gasteiger partial charge in [0.2, 0.25) is 5.91 Å². The molecule has 2 rings (SSSR count). The molecule has 1 fully saturated rings. The van der Waals surface area contributed by atoms with E-state index in [1.807, 2.05) is 12.3 Å². The molecule has 0 bridgehead atoms. The van der Waals surface area contributed by atoms with E-state index in [1.54, 1.807) is 18.4 Å². The molecule has 0 spiro atoms. The summed E-state index contributed by atoms with van der Waals surface area (Å²) in [6, 6.07) is -0.622. The number of aromatic nitrogens is 1. The van der Waals surface area contributed by atoms with Gasteiger partial charge in [0, 0.05) is 18.2 Å². The summed E-state index contributed by atoms with van der Waals surface area (Å²) in [6.45, 7) is 2.21. The molecule has 1 aliphatic rings. The van der Waals surface area contributed by atoms with Crippen molar-refractivity contribution in [3.05, 3.63) is 16.1 Å². The Balaban J connectivity index is 0.00000200. The highest BCUT2D eigenvalue weighted by Crippen LogP contribution is 2.40. The highest BCUT2D eigenvalue weighted by molar-refractivity contribution is 7.09. The van der Waals surface area contributed by atoms with E-state index in [0.717, 1.165) is 36.4 Å². The third kappa shape index (κ3) is 4.79. The molecule has 1 saturated carbocycles. The van der Waals surface area contributed by atoms with Crippen molar-refractivity contribution in [2.24, 2.45) is 5.73 Å². The second kappa shape index (κ2) is 8.90. The lowest BCUT2D eigenvalue weighted by Crippen LogP contribution is -2.52. The van der Waals surface area contributed by atoms with Crippen LogP contribution in [0.3, 0.4) is 0 Å². The Morgan fingerprint density at radius 1 is 1.52 bits per heavy atom. The van der Waals surface area contributed by atoms with Crippen LogP contribution < -0.4 is 11.1 Å². The Kier molecular flexibility index (Phi) is 8.73. The van der Waals surface area contributed by atoms with Crippen molar-refractivity contribution < 1.29 is 9.53 Å². The lowest BCUT2D eigenvalue weighted by atomic mass is 9.98. The van der Waals surface area contributed by atoms with Gasteiger partial charge in [0.25, 0.3) is 0 Å². The highest BCUT2D eigenvalue weighted by Gasteiger charge is 2.40. The summed E-state index contributed by atoms with van der Waals surface area (Å²) in [7, 11) is 1.54. The summed E-state index contributed by atoms with van der Waals surface area (Å²) in [5.74, 6) is -0.156. The average Bonchev–Trinajstić information content (AvgIpc) is 2.99. The first-order chi connectivity index (χ1) is 9.07. The number of methoxy groups -OCH3 is 1. The quantitative estimate of drug-likeness (QED) is 0.848. The summed E-state index contributed by atoms with van der Waals surface area (Å²) < 4.78 is 4.93. The fourth-order valence-electron chi connectivity index (χ4n) is 2.53. The molecule has 1 heterocycles. The topological polar surface area (TPSA) is 77.2 Å². The van der Waals surface area contributed by atoms with Crippen LogP contribution >= 0.6 is 36.2 Å². The number of ether oxygens (including phenoxy) is 1. The standard InChI is InChI=1S/C13H21N3O2S.2ClH/c1-9-8-19-12(15-9)13(5-3-4-6-13)16-11(17)10(14)7-18-2;;/h8,10H,3-7,14H2,1-2H3,(H,16,17);2*1H. The molecule has 122 valence electrons. The van der Waals surface area contributed by atoms with Gasteiger partial charge in [-0.05, 0) is 19.8 Å². The highest BCUT2D eigenvalue weighted by atomic mass is 35.5. The molecule has 8 heteroatoms. The number of carbonyl (C=O) groups is 1. The van der Waals surface area contributed by atoms with Gasteiger partial charge in [-0.3, -0.25) is 4.79 Å². The number of nitrogens with zero attached hydrogens (tertiary/aromatic N) is 1. The Hall–Kier alpha value is -0.400. The number of nitrogens with two attached hydrogens (primary N) is 1. The summed E-state index contributed by atoms with van der Waals surface area (Å²) in [4.78, 5) is 16.7. The van der Waals surface area contributed by atoms with Crippen molar-refractivity contribution in [1.82, 2.24) is 10.3 Å². The van der Waals surface area contributed by atoms with E-state index in [-0.39, 0.29) is 42.9 Å². The molecule has 1 unspecified atom stereocenters. The number of hydrogen-bond acceptors (Lipinski definition) is 5. The van der Waals surface area contributed by atoms with Crippen molar-refractivity contribution in [3.63, 3.8) is 0 Å². The van der Waals surface area contributed by atoms with Crippen LogP contribution in [0.5, 0.6) is 0 Å². The predicted octanol–water partition coefficient (Wildman–Crippen LogP) is 2.15. The fraction of sp³-hybridized carbons (Fsp3) is 0.692. The number of thiazole rings is 1. The van der Waals surface area contributed by atoms with Crippen LogP contribution in [-0.2, 0) is 15.1 Å². The first-order valence-corrected chi connectivity index (χ1v) is 7.44. The average molecular weight is 356 g/mol. The van der Waals surface area contributed by atoms with Gasteiger partial charge >= 0.3 is 0 Å². The van der Waals surface area contributed by atoms with Crippen LogP contribution in [0.25, 0.3) is 0 Å². The lowest BCUT2D eigenvalue weighted by molar-refractivity contribution is -0.125. The minimum atomic E-state index is -0.622. The second-order valence-electron chi connectivity index (χ2n) is 5.13. The molecule has 1 aromatic heterocycles. The van der Waals surface area contributed by atoms with E-state index in [2.05, 4.69) is 10.3 Å². The Morgan fingerprint density at radius 3 is 2.62 bits per heavy atom. The van der Waals surface area contributed by atoms with Gasteiger partial charge in [0.05, 0.1) is 12.1 Å². The van der Waals surface area contributed by atoms with Gasteiger partial charge in [-0.15, -0.1) is 36.2 Å². The van der Waals surface area contributed by atoms with Gasteiger partial charge in [0.1, 0.15) is 11.0 Å². The van der Waals surface area contributed by atoms with Crippen LogP contribution in [0.1, 0.15) is 36.4 Å². The monoisotopic (exact) mass is 355 g/mol. The summed E-state index contributed by atoms with van der Waals surface area (Å²) in [5.41, 5.74) is 6.48. The number of carbonyl (C=O) groups excluding carboxylic acids is 1. The van der Waals surface area contributed by atoms with Crippen LogP contribution in [-0.4, -0.2) is 30.6 Å². The Bertz CT molecular complexity index is 450. The van der Waals surface area contributed by atoms with Gasteiger partial charge in [-0.25, -0.2) is 4.98 Å². The van der Waals surface area contributed by atoms with Crippen molar-refractivity contribution in [2.75, 3.05) is 13.7 Å². The van der Waals surface area contributed by atoms with E-state index in [1.165, 1.54) is 0 Å². The molecule has 1 aromatic rings.